The number of methoxy groups -OCH3 is 1. The van der Waals surface area contributed by atoms with Crippen LogP contribution in [0, 0.1) is 13.8 Å². The molecule has 1 N–H and O–H groups in total. The molecule has 0 saturated heterocycles. The van der Waals surface area contributed by atoms with Gasteiger partial charge in [0.1, 0.15) is 5.75 Å². The van der Waals surface area contributed by atoms with E-state index < -0.39 is 5.97 Å². The molecule has 0 radical (unpaired) electrons. The molecule has 1 aromatic carbocycles. The Morgan fingerprint density at radius 3 is 2.65 bits per heavy atom. The summed E-state index contributed by atoms with van der Waals surface area (Å²) >= 11 is 3.47. The van der Waals surface area contributed by atoms with E-state index in [0.717, 1.165) is 22.2 Å². The summed E-state index contributed by atoms with van der Waals surface area (Å²) < 4.78 is 6.30. The maximum atomic E-state index is 10.5. The highest BCUT2D eigenvalue weighted by Gasteiger charge is 2.13. The van der Waals surface area contributed by atoms with Gasteiger partial charge in [0.25, 0.3) is 0 Å². The van der Waals surface area contributed by atoms with Crippen LogP contribution in [0.5, 0.6) is 5.75 Å². The molecule has 0 aliphatic carbocycles. The molecule has 94 valence electrons. The molecular weight excluding hydrogens is 284 g/mol. The largest absolute Gasteiger partial charge is 0.495 e. The average Bonchev–Trinajstić information content (AvgIpc) is 2.24. The molecule has 0 fully saturated rings. The Morgan fingerprint density at radius 1 is 1.47 bits per heavy atom. The number of rotatable bonds is 5. The zero-order chi connectivity index (χ0) is 13.0. The summed E-state index contributed by atoms with van der Waals surface area (Å²) in [6.07, 6.45) is 1.54. The zero-order valence-corrected chi connectivity index (χ0v) is 11.9. The fourth-order valence-corrected chi connectivity index (χ4v) is 2.60. The van der Waals surface area contributed by atoms with Gasteiger partial charge in [-0.25, -0.2) is 0 Å². The molecule has 1 rings (SSSR count). The van der Waals surface area contributed by atoms with Crippen molar-refractivity contribution in [3.05, 3.63) is 27.2 Å². The van der Waals surface area contributed by atoms with Gasteiger partial charge in [0.05, 0.1) is 11.6 Å². The van der Waals surface area contributed by atoms with Crippen LogP contribution in [0.3, 0.4) is 0 Å². The van der Waals surface area contributed by atoms with Crippen molar-refractivity contribution >= 4 is 21.9 Å². The van der Waals surface area contributed by atoms with E-state index in [1.165, 1.54) is 11.1 Å². The SMILES string of the molecule is COc1c(Br)cc(C)c(C)c1CCCC(=O)O. The lowest BCUT2D eigenvalue weighted by Crippen LogP contribution is -2.01. The number of carboxylic acid groups (broad SMARTS) is 1. The van der Waals surface area contributed by atoms with Gasteiger partial charge in [0.2, 0.25) is 0 Å². The van der Waals surface area contributed by atoms with Crippen LogP contribution in [0.1, 0.15) is 29.5 Å². The van der Waals surface area contributed by atoms with Gasteiger partial charge in [-0.2, -0.15) is 0 Å². The molecule has 1 aromatic rings. The molecule has 0 atom stereocenters. The zero-order valence-electron chi connectivity index (χ0n) is 10.3. The van der Waals surface area contributed by atoms with Crippen molar-refractivity contribution in [1.29, 1.82) is 0 Å². The number of benzene rings is 1. The third-order valence-electron chi connectivity index (χ3n) is 2.90. The Labute approximate surface area is 110 Å². The second-order valence-corrected chi connectivity index (χ2v) is 4.91. The highest BCUT2D eigenvalue weighted by Crippen LogP contribution is 2.34. The van der Waals surface area contributed by atoms with Crippen LogP contribution in [0.2, 0.25) is 0 Å². The van der Waals surface area contributed by atoms with Crippen molar-refractivity contribution in [3.8, 4) is 5.75 Å². The number of aliphatic carboxylic acids is 1. The van der Waals surface area contributed by atoms with E-state index in [-0.39, 0.29) is 6.42 Å². The maximum Gasteiger partial charge on any atom is 0.303 e. The van der Waals surface area contributed by atoms with Crippen LogP contribution >= 0.6 is 15.9 Å². The summed E-state index contributed by atoms with van der Waals surface area (Å²) in [4.78, 5) is 10.5. The molecule has 0 spiro atoms. The smallest absolute Gasteiger partial charge is 0.303 e. The van der Waals surface area contributed by atoms with Crippen LogP contribution in [-0.4, -0.2) is 18.2 Å². The van der Waals surface area contributed by atoms with E-state index in [0.29, 0.717) is 6.42 Å². The molecule has 0 aromatic heterocycles. The lowest BCUT2D eigenvalue weighted by atomic mass is 9.98. The number of hydrogen-bond acceptors (Lipinski definition) is 2. The van der Waals surface area contributed by atoms with Crippen molar-refractivity contribution < 1.29 is 14.6 Å². The van der Waals surface area contributed by atoms with Gasteiger partial charge in [0, 0.05) is 6.42 Å². The molecular formula is C13H17BrO3. The molecule has 17 heavy (non-hydrogen) atoms. The third kappa shape index (κ3) is 3.46. The second-order valence-electron chi connectivity index (χ2n) is 4.06. The van der Waals surface area contributed by atoms with E-state index in [1.807, 2.05) is 19.9 Å². The predicted molar refractivity (Wildman–Crippen MR) is 70.7 cm³/mol. The first-order valence-electron chi connectivity index (χ1n) is 5.51. The summed E-state index contributed by atoms with van der Waals surface area (Å²) in [6, 6.07) is 2.02. The first-order chi connectivity index (χ1) is 7.97. The number of aryl methyl sites for hydroxylation is 1. The summed E-state index contributed by atoms with van der Waals surface area (Å²) in [5, 5.41) is 8.66. The second kappa shape index (κ2) is 6.05. The summed E-state index contributed by atoms with van der Waals surface area (Å²) in [5.74, 6) is 0.0619. The minimum absolute atomic E-state index is 0.189. The van der Waals surface area contributed by atoms with Crippen LogP contribution in [-0.2, 0) is 11.2 Å². The van der Waals surface area contributed by atoms with Crippen molar-refractivity contribution in [2.75, 3.05) is 7.11 Å². The molecule has 4 heteroatoms. The fraction of sp³-hybridized carbons (Fsp3) is 0.462. The molecule has 0 aliphatic heterocycles. The molecule has 0 unspecified atom stereocenters. The highest BCUT2D eigenvalue weighted by atomic mass is 79.9. The molecule has 3 nitrogen and oxygen atoms in total. The lowest BCUT2D eigenvalue weighted by molar-refractivity contribution is -0.137. The molecule has 0 heterocycles. The van der Waals surface area contributed by atoms with Gasteiger partial charge in [-0.15, -0.1) is 0 Å². The van der Waals surface area contributed by atoms with Gasteiger partial charge in [-0.05, 0) is 65.4 Å². The van der Waals surface area contributed by atoms with Gasteiger partial charge >= 0.3 is 5.97 Å². The average molecular weight is 301 g/mol. The number of ether oxygens (including phenoxy) is 1. The van der Waals surface area contributed by atoms with Crippen molar-refractivity contribution in [3.63, 3.8) is 0 Å². The Hall–Kier alpha value is -1.03. The predicted octanol–water partition coefficient (Wildman–Crippen LogP) is 3.48. The number of halogens is 1. The number of hydrogen-bond donors (Lipinski definition) is 1. The van der Waals surface area contributed by atoms with E-state index in [9.17, 15) is 4.79 Å². The third-order valence-corrected chi connectivity index (χ3v) is 3.49. The fourth-order valence-electron chi connectivity index (χ4n) is 1.85. The van der Waals surface area contributed by atoms with Crippen molar-refractivity contribution in [2.24, 2.45) is 0 Å². The van der Waals surface area contributed by atoms with E-state index in [1.54, 1.807) is 7.11 Å². The summed E-state index contributed by atoms with van der Waals surface area (Å²) in [6.45, 7) is 4.08. The quantitative estimate of drug-likeness (QED) is 0.905. The van der Waals surface area contributed by atoms with Crippen molar-refractivity contribution in [2.45, 2.75) is 33.1 Å². The minimum atomic E-state index is -0.756. The van der Waals surface area contributed by atoms with Crippen LogP contribution in [0.15, 0.2) is 10.5 Å². The van der Waals surface area contributed by atoms with Gasteiger partial charge in [0.15, 0.2) is 0 Å². The number of carbonyl (C=O) groups is 1. The Balaban J connectivity index is 2.99. The minimum Gasteiger partial charge on any atom is -0.495 e. The Morgan fingerprint density at radius 2 is 2.12 bits per heavy atom. The first-order valence-corrected chi connectivity index (χ1v) is 6.31. The summed E-state index contributed by atoms with van der Waals surface area (Å²) in [5.41, 5.74) is 3.46. The van der Waals surface area contributed by atoms with Crippen LogP contribution in [0.4, 0.5) is 0 Å². The first kappa shape index (κ1) is 14.0. The lowest BCUT2D eigenvalue weighted by Gasteiger charge is -2.15. The Kier molecular flexibility index (Phi) is 5.00. The molecule has 0 amide bonds. The Bertz CT molecular complexity index is 427. The van der Waals surface area contributed by atoms with Gasteiger partial charge < -0.3 is 9.84 Å². The molecule has 0 saturated carbocycles. The molecule has 0 bridgehead atoms. The maximum absolute atomic E-state index is 10.5. The monoisotopic (exact) mass is 300 g/mol. The van der Waals surface area contributed by atoms with Crippen molar-refractivity contribution in [1.82, 2.24) is 0 Å². The standard InChI is InChI=1S/C13H17BrO3/c1-8-7-11(14)13(17-3)10(9(8)2)5-4-6-12(15)16/h7H,4-6H2,1-3H3,(H,15,16). The van der Waals surface area contributed by atoms with Crippen LogP contribution in [0.25, 0.3) is 0 Å². The number of carboxylic acids is 1. The summed E-state index contributed by atoms with van der Waals surface area (Å²) in [7, 11) is 1.63. The van der Waals surface area contributed by atoms with Crippen LogP contribution < -0.4 is 4.74 Å². The molecule has 0 aliphatic rings. The van der Waals surface area contributed by atoms with E-state index in [2.05, 4.69) is 15.9 Å². The van der Waals surface area contributed by atoms with Gasteiger partial charge in [-0.1, -0.05) is 0 Å². The normalized spacial score (nSPS) is 10.4. The van der Waals surface area contributed by atoms with E-state index in [4.69, 9.17) is 9.84 Å². The highest BCUT2D eigenvalue weighted by molar-refractivity contribution is 9.10. The van der Waals surface area contributed by atoms with E-state index >= 15 is 0 Å². The topological polar surface area (TPSA) is 46.5 Å². The van der Waals surface area contributed by atoms with Gasteiger partial charge in [-0.3, -0.25) is 4.79 Å².